The summed E-state index contributed by atoms with van der Waals surface area (Å²) in [6, 6.07) is 16.8. The van der Waals surface area contributed by atoms with Crippen molar-refractivity contribution in [2.24, 2.45) is 0 Å². The predicted octanol–water partition coefficient (Wildman–Crippen LogP) is 3.20. The van der Waals surface area contributed by atoms with Crippen molar-refractivity contribution in [1.29, 1.82) is 0 Å². The van der Waals surface area contributed by atoms with Crippen LogP contribution in [0.1, 0.15) is 53.8 Å². The number of hydrogen-bond acceptors (Lipinski definition) is 4. The first-order chi connectivity index (χ1) is 16.8. The second-order valence-corrected chi connectivity index (χ2v) is 9.51. The van der Waals surface area contributed by atoms with E-state index in [1.165, 1.54) is 5.56 Å². The number of imide groups is 1. The summed E-state index contributed by atoms with van der Waals surface area (Å²) in [7, 11) is 0. The van der Waals surface area contributed by atoms with E-state index >= 15 is 0 Å². The molecule has 0 spiro atoms. The molecule has 1 saturated heterocycles. The van der Waals surface area contributed by atoms with E-state index in [0.29, 0.717) is 12.1 Å². The number of carbonyl (C=O) groups excluding carboxylic acids is 3. The fourth-order valence-electron chi connectivity index (χ4n) is 4.97. The number of benzene rings is 2. The zero-order chi connectivity index (χ0) is 24.6. The van der Waals surface area contributed by atoms with E-state index in [-0.39, 0.29) is 18.5 Å². The second kappa shape index (κ2) is 9.02. The van der Waals surface area contributed by atoms with Crippen LogP contribution in [0.15, 0.2) is 60.8 Å². The Bertz CT molecular complexity index is 1270. The summed E-state index contributed by atoms with van der Waals surface area (Å²) in [5, 5.41) is 10.4. The van der Waals surface area contributed by atoms with E-state index in [1.807, 2.05) is 60.3 Å². The maximum absolute atomic E-state index is 13.2. The normalized spacial score (nSPS) is 21.5. The maximum Gasteiger partial charge on any atom is 0.325 e. The van der Waals surface area contributed by atoms with Crippen molar-refractivity contribution in [2.45, 2.75) is 51.2 Å². The highest BCUT2D eigenvalue weighted by atomic mass is 16.2. The highest BCUT2D eigenvalue weighted by molar-refractivity contribution is 6.09. The van der Waals surface area contributed by atoms with Crippen LogP contribution < -0.4 is 10.6 Å². The molecule has 0 saturated carbocycles. The van der Waals surface area contributed by atoms with Crippen molar-refractivity contribution in [2.75, 3.05) is 6.54 Å². The van der Waals surface area contributed by atoms with Gasteiger partial charge in [0.05, 0.1) is 18.8 Å². The van der Waals surface area contributed by atoms with Gasteiger partial charge in [0.2, 0.25) is 5.91 Å². The third-order valence-electron chi connectivity index (χ3n) is 6.98. The zero-order valence-corrected chi connectivity index (χ0v) is 20.0. The fourth-order valence-corrected chi connectivity index (χ4v) is 4.97. The van der Waals surface area contributed by atoms with Gasteiger partial charge in [0.15, 0.2) is 0 Å². The Hall–Kier alpha value is -3.94. The van der Waals surface area contributed by atoms with Crippen LogP contribution in [0.2, 0.25) is 0 Å². The molecule has 35 heavy (non-hydrogen) atoms. The Balaban J connectivity index is 1.27. The molecule has 2 aromatic carbocycles. The molecule has 1 aromatic heterocycles. The Morgan fingerprint density at radius 3 is 2.63 bits per heavy atom. The maximum atomic E-state index is 13.2. The van der Waals surface area contributed by atoms with Gasteiger partial charge in [0.1, 0.15) is 12.1 Å². The molecule has 2 aliphatic rings. The van der Waals surface area contributed by atoms with E-state index in [9.17, 15) is 14.4 Å². The number of hydrogen-bond donors (Lipinski definition) is 2. The van der Waals surface area contributed by atoms with Crippen molar-refractivity contribution in [1.82, 2.24) is 25.3 Å². The van der Waals surface area contributed by atoms with E-state index in [1.54, 1.807) is 6.92 Å². The third kappa shape index (κ3) is 4.32. The molecule has 1 fully saturated rings. The molecule has 1 aliphatic carbocycles. The van der Waals surface area contributed by atoms with Gasteiger partial charge in [-0.2, -0.15) is 5.10 Å². The Labute approximate surface area is 204 Å². The standard InChI is InChI=1S/C27H29N5O3/c1-18-11-13-20(14-12-18)27(2)25(34)31(26(35)30-27)17-24(33)29-22-9-6-10-23-21(22)15-28-32(23)16-19-7-4-3-5-8-19/h3-5,7-8,11-15,22H,6,9-10,16-17H2,1-2H3,(H,29,33)(H,30,35). The summed E-state index contributed by atoms with van der Waals surface area (Å²) in [4.78, 5) is 39.8. The number of rotatable bonds is 6. The van der Waals surface area contributed by atoms with Crippen LogP contribution in [-0.2, 0) is 28.1 Å². The van der Waals surface area contributed by atoms with Crippen molar-refractivity contribution in [3.63, 3.8) is 0 Å². The summed E-state index contributed by atoms with van der Waals surface area (Å²) >= 11 is 0. The molecule has 2 N–H and O–H groups in total. The topological polar surface area (TPSA) is 96.3 Å². The van der Waals surface area contributed by atoms with Crippen molar-refractivity contribution in [3.05, 3.63) is 88.7 Å². The fraction of sp³-hybridized carbons (Fsp3) is 0.333. The zero-order valence-electron chi connectivity index (χ0n) is 20.0. The highest BCUT2D eigenvalue weighted by Crippen LogP contribution is 2.31. The van der Waals surface area contributed by atoms with Crippen LogP contribution in [0.3, 0.4) is 0 Å². The molecule has 180 valence electrons. The van der Waals surface area contributed by atoms with Gasteiger partial charge in [0.25, 0.3) is 5.91 Å². The molecule has 8 heteroatoms. The number of nitrogens with zero attached hydrogens (tertiary/aromatic N) is 3. The van der Waals surface area contributed by atoms with E-state index in [0.717, 1.165) is 41.0 Å². The Morgan fingerprint density at radius 1 is 1.14 bits per heavy atom. The minimum absolute atomic E-state index is 0.194. The third-order valence-corrected chi connectivity index (χ3v) is 6.98. The molecule has 1 aliphatic heterocycles. The number of nitrogens with one attached hydrogen (secondary N) is 2. The largest absolute Gasteiger partial charge is 0.348 e. The lowest BCUT2D eigenvalue weighted by Gasteiger charge is -2.25. The van der Waals surface area contributed by atoms with Gasteiger partial charge < -0.3 is 10.6 Å². The lowest BCUT2D eigenvalue weighted by molar-refractivity contribution is -0.135. The quantitative estimate of drug-likeness (QED) is 0.540. The molecule has 5 rings (SSSR count). The van der Waals surface area contributed by atoms with Gasteiger partial charge >= 0.3 is 6.03 Å². The van der Waals surface area contributed by atoms with Gasteiger partial charge in [-0.05, 0) is 44.2 Å². The average molecular weight is 472 g/mol. The summed E-state index contributed by atoms with van der Waals surface area (Å²) in [6.07, 6.45) is 4.44. The van der Waals surface area contributed by atoms with Gasteiger partial charge in [0, 0.05) is 11.3 Å². The van der Waals surface area contributed by atoms with Gasteiger partial charge in [-0.1, -0.05) is 60.2 Å². The highest BCUT2D eigenvalue weighted by Gasteiger charge is 2.49. The van der Waals surface area contributed by atoms with E-state index < -0.39 is 17.5 Å². The first kappa shape index (κ1) is 22.8. The van der Waals surface area contributed by atoms with Gasteiger partial charge in [-0.15, -0.1) is 0 Å². The number of amides is 4. The molecule has 0 bridgehead atoms. The first-order valence-electron chi connectivity index (χ1n) is 11.9. The van der Waals surface area contributed by atoms with Crippen molar-refractivity contribution >= 4 is 17.8 Å². The smallest absolute Gasteiger partial charge is 0.325 e. The lowest BCUT2D eigenvalue weighted by Crippen LogP contribution is -2.44. The molecular formula is C27H29N5O3. The van der Waals surface area contributed by atoms with Crippen LogP contribution in [0.4, 0.5) is 4.79 Å². The predicted molar refractivity (Wildman–Crippen MR) is 130 cm³/mol. The minimum Gasteiger partial charge on any atom is -0.348 e. The summed E-state index contributed by atoms with van der Waals surface area (Å²) < 4.78 is 1.99. The summed E-state index contributed by atoms with van der Waals surface area (Å²) in [6.45, 7) is 3.98. The summed E-state index contributed by atoms with van der Waals surface area (Å²) in [5.41, 5.74) is 3.84. The minimum atomic E-state index is -1.19. The van der Waals surface area contributed by atoms with Gasteiger partial charge in [-0.3, -0.25) is 19.2 Å². The molecule has 4 amide bonds. The van der Waals surface area contributed by atoms with Crippen molar-refractivity contribution in [3.8, 4) is 0 Å². The molecule has 2 unspecified atom stereocenters. The lowest BCUT2D eigenvalue weighted by atomic mass is 9.91. The number of aromatic nitrogens is 2. The van der Waals surface area contributed by atoms with E-state index in [4.69, 9.17) is 0 Å². The number of aryl methyl sites for hydroxylation is 1. The molecular weight excluding hydrogens is 442 g/mol. The van der Waals surface area contributed by atoms with Crippen LogP contribution in [0, 0.1) is 6.92 Å². The molecule has 3 aromatic rings. The van der Waals surface area contributed by atoms with Gasteiger partial charge in [-0.25, -0.2) is 4.79 Å². The SMILES string of the molecule is Cc1ccc(C2(C)NC(=O)N(CC(=O)NC3CCCc4c3cnn4Cc3ccccc3)C2=O)cc1. The number of urea groups is 1. The average Bonchev–Trinajstić information content (AvgIpc) is 3.35. The van der Waals surface area contributed by atoms with Crippen LogP contribution >= 0.6 is 0 Å². The molecule has 0 radical (unpaired) electrons. The molecule has 2 atom stereocenters. The van der Waals surface area contributed by atoms with Crippen molar-refractivity contribution < 1.29 is 14.4 Å². The Morgan fingerprint density at radius 2 is 1.89 bits per heavy atom. The second-order valence-electron chi connectivity index (χ2n) is 9.51. The van der Waals surface area contributed by atoms with Crippen LogP contribution in [0.25, 0.3) is 0 Å². The monoisotopic (exact) mass is 471 g/mol. The molecule has 2 heterocycles. The van der Waals surface area contributed by atoms with Crippen LogP contribution in [-0.4, -0.2) is 39.1 Å². The first-order valence-corrected chi connectivity index (χ1v) is 11.9. The number of fused-ring (bicyclic) bond motifs is 1. The molecule has 8 nitrogen and oxygen atoms in total. The van der Waals surface area contributed by atoms with Crippen LogP contribution in [0.5, 0.6) is 0 Å². The number of carbonyl (C=O) groups is 3. The van der Waals surface area contributed by atoms with E-state index in [2.05, 4.69) is 27.9 Å². The summed E-state index contributed by atoms with van der Waals surface area (Å²) in [5.74, 6) is -0.795. The Kier molecular flexibility index (Phi) is 5.88.